The zero-order chi connectivity index (χ0) is 16.0. The van der Waals surface area contributed by atoms with Gasteiger partial charge in [-0.25, -0.2) is 0 Å². The van der Waals surface area contributed by atoms with E-state index in [-0.39, 0.29) is 11.8 Å². The lowest BCUT2D eigenvalue weighted by Crippen LogP contribution is -2.21. The van der Waals surface area contributed by atoms with Gasteiger partial charge in [-0.15, -0.1) is 13.2 Å². The third-order valence-corrected chi connectivity index (χ3v) is 2.48. The molecule has 0 aliphatic rings. The average molecular weight is 304 g/mol. The molecule has 0 saturated heterocycles. The van der Waals surface area contributed by atoms with Crippen molar-refractivity contribution in [2.75, 3.05) is 7.11 Å². The van der Waals surface area contributed by atoms with Crippen molar-refractivity contribution in [1.29, 1.82) is 0 Å². The summed E-state index contributed by atoms with van der Waals surface area (Å²) in [5, 5.41) is 0. The molecular weight excluding hydrogens is 293 g/mol. The smallest absolute Gasteiger partial charge is 0.468 e. The van der Waals surface area contributed by atoms with Crippen LogP contribution in [0.25, 0.3) is 0 Å². The van der Waals surface area contributed by atoms with Crippen molar-refractivity contribution in [2.45, 2.75) is 12.8 Å². The van der Waals surface area contributed by atoms with Crippen molar-refractivity contribution in [3.05, 3.63) is 29.8 Å². The van der Waals surface area contributed by atoms with Crippen molar-refractivity contribution < 1.29 is 37.0 Å². The van der Waals surface area contributed by atoms with Gasteiger partial charge in [0, 0.05) is 12.0 Å². The molecule has 0 heterocycles. The number of esters is 1. The first kappa shape index (κ1) is 16.7. The van der Waals surface area contributed by atoms with Gasteiger partial charge in [-0.05, 0) is 24.3 Å². The van der Waals surface area contributed by atoms with Crippen molar-refractivity contribution in [3.8, 4) is 5.75 Å². The van der Waals surface area contributed by atoms with Crippen LogP contribution in [0.2, 0.25) is 0 Å². The largest absolute Gasteiger partial charge is 0.573 e. The van der Waals surface area contributed by atoms with Crippen LogP contribution in [0.15, 0.2) is 24.3 Å². The molecule has 0 amide bonds. The molecule has 8 heteroatoms. The second-order valence-electron chi connectivity index (χ2n) is 3.97. The standard InChI is InChI=1S/C13H11F3O5/c1-20-12(19)9(7-17)6-11(18)8-2-4-10(5-3-8)21-13(14,15)16/h2-5,7,9H,6H2,1H3. The molecule has 0 bridgehead atoms. The molecule has 0 aliphatic heterocycles. The monoisotopic (exact) mass is 304 g/mol. The van der Waals surface area contributed by atoms with Gasteiger partial charge in [-0.1, -0.05) is 0 Å². The number of carbonyl (C=O) groups is 3. The van der Waals surface area contributed by atoms with Crippen LogP contribution in [0.5, 0.6) is 5.75 Å². The second kappa shape index (κ2) is 6.87. The first-order valence-corrected chi connectivity index (χ1v) is 5.69. The van der Waals surface area contributed by atoms with E-state index in [2.05, 4.69) is 9.47 Å². The molecule has 1 unspecified atom stereocenters. The molecule has 1 atom stereocenters. The van der Waals surface area contributed by atoms with Gasteiger partial charge in [-0.2, -0.15) is 0 Å². The average Bonchev–Trinajstić information content (AvgIpc) is 2.42. The Morgan fingerprint density at radius 1 is 1.24 bits per heavy atom. The fourth-order valence-corrected chi connectivity index (χ4v) is 1.50. The number of Topliss-reactive ketones (excluding diaryl/α,β-unsaturated/α-hetero) is 1. The minimum Gasteiger partial charge on any atom is -0.468 e. The van der Waals surface area contributed by atoms with Crippen molar-refractivity contribution in [2.24, 2.45) is 5.92 Å². The molecule has 21 heavy (non-hydrogen) atoms. The molecule has 0 fully saturated rings. The number of ether oxygens (including phenoxy) is 2. The normalized spacial score (nSPS) is 12.4. The van der Waals surface area contributed by atoms with Gasteiger partial charge in [0.1, 0.15) is 18.0 Å². The third kappa shape index (κ3) is 5.25. The summed E-state index contributed by atoms with van der Waals surface area (Å²) in [5.41, 5.74) is 0.0558. The zero-order valence-corrected chi connectivity index (χ0v) is 10.8. The number of ketones is 1. The summed E-state index contributed by atoms with van der Waals surface area (Å²) in [7, 11) is 1.08. The maximum atomic E-state index is 12.0. The summed E-state index contributed by atoms with van der Waals surface area (Å²) in [4.78, 5) is 33.7. The predicted octanol–water partition coefficient (Wildman–Crippen LogP) is 2.15. The molecule has 0 spiro atoms. The Balaban J connectivity index is 2.75. The summed E-state index contributed by atoms with van der Waals surface area (Å²) in [5.74, 6) is -3.14. The van der Waals surface area contributed by atoms with E-state index in [0.29, 0.717) is 0 Å². The summed E-state index contributed by atoms with van der Waals surface area (Å²) in [6.45, 7) is 0. The van der Waals surface area contributed by atoms with Crippen LogP contribution in [-0.4, -0.2) is 31.5 Å². The van der Waals surface area contributed by atoms with E-state index >= 15 is 0 Å². The number of benzene rings is 1. The fourth-order valence-electron chi connectivity index (χ4n) is 1.50. The Labute approximate surface area is 117 Å². The van der Waals surface area contributed by atoms with Gasteiger partial charge >= 0.3 is 12.3 Å². The summed E-state index contributed by atoms with van der Waals surface area (Å²) < 4.78 is 43.9. The van der Waals surface area contributed by atoms with Crippen molar-refractivity contribution >= 4 is 18.0 Å². The molecule has 1 aromatic carbocycles. The summed E-state index contributed by atoms with van der Waals surface area (Å²) >= 11 is 0. The van der Waals surface area contributed by atoms with Crippen LogP contribution in [0, 0.1) is 5.92 Å². The Hall–Kier alpha value is -2.38. The highest BCUT2D eigenvalue weighted by Gasteiger charge is 2.31. The van der Waals surface area contributed by atoms with Crippen molar-refractivity contribution in [3.63, 3.8) is 0 Å². The number of aldehydes is 1. The molecule has 5 nitrogen and oxygen atoms in total. The predicted molar refractivity (Wildman–Crippen MR) is 63.6 cm³/mol. The van der Waals surface area contributed by atoms with Gasteiger partial charge in [0.15, 0.2) is 5.78 Å². The van der Waals surface area contributed by atoms with Gasteiger partial charge in [0.05, 0.1) is 7.11 Å². The van der Waals surface area contributed by atoms with E-state index in [4.69, 9.17) is 0 Å². The van der Waals surface area contributed by atoms with E-state index in [1.165, 1.54) is 0 Å². The third-order valence-electron chi connectivity index (χ3n) is 2.48. The minimum absolute atomic E-state index is 0.0558. The molecule has 0 aliphatic carbocycles. The molecule has 0 N–H and O–H groups in total. The van der Waals surface area contributed by atoms with Crippen LogP contribution in [-0.2, 0) is 14.3 Å². The lowest BCUT2D eigenvalue weighted by atomic mass is 9.99. The maximum Gasteiger partial charge on any atom is 0.573 e. The first-order valence-electron chi connectivity index (χ1n) is 5.69. The van der Waals surface area contributed by atoms with Gasteiger partial charge in [-0.3, -0.25) is 9.59 Å². The Morgan fingerprint density at radius 3 is 2.24 bits per heavy atom. The lowest BCUT2D eigenvalue weighted by Gasteiger charge is -2.10. The SMILES string of the molecule is COC(=O)C(C=O)CC(=O)c1ccc(OC(F)(F)F)cc1. The molecule has 1 aromatic rings. The van der Waals surface area contributed by atoms with E-state index in [9.17, 15) is 27.6 Å². The van der Waals surface area contributed by atoms with E-state index < -0.39 is 36.2 Å². The molecule has 0 aromatic heterocycles. The lowest BCUT2D eigenvalue weighted by molar-refractivity contribution is -0.274. The second-order valence-corrected chi connectivity index (χ2v) is 3.97. The quantitative estimate of drug-likeness (QED) is 0.348. The number of hydrogen-bond donors (Lipinski definition) is 0. The highest BCUT2D eigenvalue weighted by atomic mass is 19.4. The topological polar surface area (TPSA) is 69.7 Å². The van der Waals surface area contributed by atoms with E-state index in [1.54, 1.807) is 0 Å². The molecule has 114 valence electrons. The summed E-state index contributed by atoms with van der Waals surface area (Å²) in [6, 6.07) is 4.16. The Morgan fingerprint density at radius 2 is 1.81 bits per heavy atom. The molecular formula is C13H11F3O5. The first-order chi connectivity index (χ1) is 9.76. The number of halogens is 3. The number of methoxy groups -OCH3 is 1. The van der Waals surface area contributed by atoms with Crippen molar-refractivity contribution in [1.82, 2.24) is 0 Å². The van der Waals surface area contributed by atoms with Crippen LogP contribution >= 0.6 is 0 Å². The molecule has 0 radical (unpaired) electrons. The fraction of sp³-hybridized carbons (Fsp3) is 0.308. The molecule has 1 rings (SSSR count). The Bertz CT molecular complexity index is 522. The van der Waals surface area contributed by atoms with Gasteiger partial charge in [0.25, 0.3) is 0 Å². The van der Waals surface area contributed by atoms with E-state index in [0.717, 1.165) is 31.4 Å². The minimum atomic E-state index is -4.82. The van der Waals surface area contributed by atoms with Crippen LogP contribution in [0.3, 0.4) is 0 Å². The molecule has 0 saturated carbocycles. The van der Waals surface area contributed by atoms with Crippen LogP contribution in [0.1, 0.15) is 16.8 Å². The van der Waals surface area contributed by atoms with E-state index in [1.807, 2.05) is 0 Å². The number of rotatable bonds is 6. The number of alkyl halides is 3. The van der Waals surface area contributed by atoms with Gasteiger partial charge in [0.2, 0.25) is 0 Å². The maximum absolute atomic E-state index is 12.0. The zero-order valence-electron chi connectivity index (χ0n) is 10.8. The number of hydrogen-bond acceptors (Lipinski definition) is 5. The highest BCUT2D eigenvalue weighted by Crippen LogP contribution is 2.23. The summed E-state index contributed by atoms with van der Waals surface area (Å²) in [6.07, 6.45) is -4.96. The highest BCUT2D eigenvalue weighted by molar-refractivity contribution is 6.01. The Kier molecular flexibility index (Phi) is 5.45. The van der Waals surface area contributed by atoms with Crippen LogP contribution < -0.4 is 4.74 Å². The van der Waals surface area contributed by atoms with Gasteiger partial charge < -0.3 is 14.3 Å². The number of carbonyl (C=O) groups excluding carboxylic acids is 3. The van der Waals surface area contributed by atoms with Crippen LogP contribution in [0.4, 0.5) is 13.2 Å².